The fourth-order valence-corrected chi connectivity index (χ4v) is 0.333. The van der Waals surface area contributed by atoms with E-state index in [0.717, 1.165) is 0 Å². The van der Waals surface area contributed by atoms with E-state index in [4.69, 9.17) is 5.11 Å². The third kappa shape index (κ3) is 9.20. The molecule has 0 saturated carbocycles. The maximum absolute atomic E-state index is 8.23. The van der Waals surface area contributed by atoms with E-state index in [9.17, 15) is 0 Å². The molecule has 0 rings (SSSR count). The van der Waals surface area contributed by atoms with Crippen LogP contribution in [0, 0.1) is 5.92 Å². The minimum Gasteiger partial charge on any atom is -0.392 e. The average molecular weight is 116 g/mol. The largest absolute Gasteiger partial charge is 0.392 e. The highest BCUT2D eigenvalue weighted by Crippen LogP contribution is 1.90. The molecule has 0 amide bonds. The summed E-state index contributed by atoms with van der Waals surface area (Å²) in [6.45, 7) is 4.32. The summed E-state index contributed by atoms with van der Waals surface area (Å²) < 4.78 is 0. The lowest BCUT2D eigenvalue weighted by Crippen LogP contribution is -1.78. The highest BCUT2D eigenvalue weighted by Gasteiger charge is 1.78. The molecule has 0 aliphatic rings. The Bertz CT molecular complexity index is 55.4. The normalized spacial score (nSPS) is 10.0. The third-order valence-corrected chi connectivity index (χ3v) is 0.626. The van der Waals surface area contributed by atoms with Crippen molar-refractivity contribution in [2.45, 2.75) is 21.3 Å². The SMILES string of the molecule is C.CC(C)/C=C/CO. The smallest absolute Gasteiger partial charge is 0.0612 e. The second kappa shape index (κ2) is 6.70. The summed E-state index contributed by atoms with van der Waals surface area (Å²) in [5.41, 5.74) is 0. The number of hydrogen-bond donors (Lipinski definition) is 1. The van der Waals surface area contributed by atoms with Gasteiger partial charge in [0.2, 0.25) is 0 Å². The number of rotatable bonds is 2. The van der Waals surface area contributed by atoms with E-state index in [1.165, 1.54) is 0 Å². The van der Waals surface area contributed by atoms with Crippen LogP contribution in [0.4, 0.5) is 0 Å². The molecule has 0 atom stereocenters. The zero-order valence-corrected chi connectivity index (χ0v) is 4.89. The first-order valence-corrected chi connectivity index (χ1v) is 2.55. The van der Waals surface area contributed by atoms with E-state index in [2.05, 4.69) is 13.8 Å². The first-order valence-electron chi connectivity index (χ1n) is 2.55. The molecule has 1 N–H and O–H groups in total. The highest BCUT2D eigenvalue weighted by molar-refractivity contribution is 4.83. The first kappa shape index (κ1) is 10.6. The molecular weight excluding hydrogens is 100 g/mol. The first-order chi connectivity index (χ1) is 3.27. The molecule has 0 aliphatic heterocycles. The Kier molecular flexibility index (Phi) is 8.91. The van der Waals surface area contributed by atoms with E-state index in [1.807, 2.05) is 6.08 Å². The van der Waals surface area contributed by atoms with Crippen molar-refractivity contribution >= 4 is 0 Å². The van der Waals surface area contributed by atoms with Crippen molar-refractivity contribution in [2.24, 2.45) is 5.92 Å². The van der Waals surface area contributed by atoms with Gasteiger partial charge in [0.1, 0.15) is 0 Å². The Hall–Kier alpha value is -0.300. The molecule has 0 bridgehead atoms. The van der Waals surface area contributed by atoms with Gasteiger partial charge in [0.05, 0.1) is 6.61 Å². The molecule has 0 saturated heterocycles. The molecule has 0 aromatic carbocycles. The fraction of sp³-hybridized carbons (Fsp3) is 0.714. The molecule has 0 aliphatic carbocycles. The van der Waals surface area contributed by atoms with Gasteiger partial charge in [-0.05, 0) is 5.92 Å². The van der Waals surface area contributed by atoms with Gasteiger partial charge in [0.15, 0.2) is 0 Å². The van der Waals surface area contributed by atoms with Crippen molar-refractivity contribution in [3.63, 3.8) is 0 Å². The second-order valence-corrected chi connectivity index (χ2v) is 1.85. The summed E-state index contributed by atoms with van der Waals surface area (Å²) in [5, 5.41) is 8.23. The van der Waals surface area contributed by atoms with Gasteiger partial charge in [0.25, 0.3) is 0 Å². The Morgan fingerprint density at radius 3 is 2.12 bits per heavy atom. The third-order valence-electron chi connectivity index (χ3n) is 0.626. The monoisotopic (exact) mass is 116 g/mol. The van der Waals surface area contributed by atoms with Crippen molar-refractivity contribution in [2.75, 3.05) is 6.61 Å². The van der Waals surface area contributed by atoms with E-state index in [1.54, 1.807) is 6.08 Å². The summed E-state index contributed by atoms with van der Waals surface area (Å²) >= 11 is 0. The summed E-state index contributed by atoms with van der Waals surface area (Å²) in [4.78, 5) is 0. The molecule has 1 heteroatoms. The van der Waals surface area contributed by atoms with Gasteiger partial charge in [0, 0.05) is 0 Å². The maximum Gasteiger partial charge on any atom is 0.0612 e. The van der Waals surface area contributed by atoms with Crippen LogP contribution in [0.5, 0.6) is 0 Å². The van der Waals surface area contributed by atoms with Crippen LogP contribution in [0.1, 0.15) is 21.3 Å². The number of aliphatic hydroxyl groups is 1. The quantitative estimate of drug-likeness (QED) is 0.546. The van der Waals surface area contributed by atoms with Gasteiger partial charge in [-0.15, -0.1) is 0 Å². The van der Waals surface area contributed by atoms with E-state index in [-0.39, 0.29) is 14.0 Å². The Morgan fingerprint density at radius 2 is 2.00 bits per heavy atom. The lowest BCUT2D eigenvalue weighted by molar-refractivity contribution is 0.342. The summed E-state index contributed by atoms with van der Waals surface area (Å²) in [6.07, 6.45) is 3.73. The van der Waals surface area contributed by atoms with Gasteiger partial charge in [-0.25, -0.2) is 0 Å². The molecule has 0 aromatic heterocycles. The van der Waals surface area contributed by atoms with Gasteiger partial charge < -0.3 is 5.11 Å². The van der Waals surface area contributed by atoms with Crippen LogP contribution in [0.2, 0.25) is 0 Å². The summed E-state index contributed by atoms with van der Waals surface area (Å²) in [6, 6.07) is 0. The van der Waals surface area contributed by atoms with Crippen molar-refractivity contribution in [1.29, 1.82) is 0 Å². The molecule has 0 spiro atoms. The van der Waals surface area contributed by atoms with Crippen molar-refractivity contribution in [1.82, 2.24) is 0 Å². The lowest BCUT2D eigenvalue weighted by atomic mass is 10.2. The zero-order chi connectivity index (χ0) is 5.70. The van der Waals surface area contributed by atoms with Crippen LogP contribution < -0.4 is 0 Å². The molecule has 1 nitrogen and oxygen atoms in total. The van der Waals surface area contributed by atoms with Crippen LogP contribution >= 0.6 is 0 Å². The van der Waals surface area contributed by atoms with Crippen molar-refractivity contribution in [3.8, 4) is 0 Å². The number of allylic oxidation sites excluding steroid dienone is 1. The maximum atomic E-state index is 8.23. The van der Waals surface area contributed by atoms with Gasteiger partial charge >= 0.3 is 0 Å². The minimum absolute atomic E-state index is 0. The lowest BCUT2D eigenvalue weighted by Gasteiger charge is -1.88. The Labute approximate surface area is 52.0 Å². The fourth-order valence-electron chi connectivity index (χ4n) is 0.333. The molecule has 0 aromatic rings. The van der Waals surface area contributed by atoms with Crippen molar-refractivity contribution in [3.05, 3.63) is 12.2 Å². The number of aliphatic hydroxyl groups excluding tert-OH is 1. The predicted molar refractivity (Wildman–Crippen MR) is 37.8 cm³/mol. The Morgan fingerprint density at radius 1 is 1.50 bits per heavy atom. The standard InChI is InChI=1S/C6H12O.CH4/c1-6(2)4-3-5-7;/h3-4,6-7H,5H2,1-2H3;1H4/b4-3+;. The molecule has 50 valence electrons. The second-order valence-electron chi connectivity index (χ2n) is 1.85. The van der Waals surface area contributed by atoms with E-state index in [0.29, 0.717) is 5.92 Å². The van der Waals surface area contributed by atoms with Gasteiger partial charge in [-0.3, -0.25) is 0 Å². The average Bonchev–Trinajstić information content (AvgIpc) is 1.61. The summed E-state index contributed by atoms with van der Waals surface area (Å²) in [7, 11) is 0. The molecule has 0 unspecified atom stereocenters. The molecule has 0 heterocycles. The Balaban J connectivity index is 0. The molecule has 0 radical (unpaired) electrons. The van der Waals surface area contributed by atoms with E-state index < -0.39 is 0 Å². The predicted octanol–water partition coefficient (Wildman–Crippen LogP) is 1.83. The zero-order valence-electron chi connectivity index (χ0n) is 4.89. The summed E-state index contributed by atoms with van der Waals surface area (Å²) in [5.74, 6) is 0.562. The van der Waals surface area contributed by atoms with Crippen LogP contribution in [0.3, 0.4) is 0 Å². The van der Waals surface area contributed by atoms with Crippen molar-refractivity contribution < 1.29 is 5.11 Å². The van der Waals surface area contributed by atoms with Crippen LogP contribution in [-0.4, -0.2) is 11.7 Å². The molecule has 0 fully saturated rings. The van der Waals surface area contributed by atoms with Crippen LogP contribution in [-0.2, 0) is 0 Å². The molecular formula is C7H16O. The minimum atomic E-state index is 0. The van der Waals surface area contributed by atoms with Gasteiger partial charge in [-0.1, -0.05) is 33.4 Å². The van der Waals surface area contributed by atoms with Crippen LogP contribution in [0.25, 0.3) is 0 Å². The topological polar surface area (TPSA) is 20.2 Å². The number of hydrogen-bond acceptors (Lipinski definition) is 1. The van der Waals surface area contributed by atoms with E-state index >= 15 is 0 Å². The van der Waals surface area contributed by atoms with Crippen LogP contribution in [0.15, 0.2) is 12.2 Å². The highest BCUT2D eigenvalue weighted by atomic mass is 16.2. The molecule has 8 heavy (non-hydrogen) atoms. The van der Waals surface area contributed by atoms with Gasteiger partial charge in [-0.2, -0.15) is 0 Å².